The number of aryl methyl sites for hydroxylation is 1. The van der Waals surface area contributed by atoms with E-state index < -0.39 is 0 Å². The fraction of sp³-hybridized carbons (Fsp3) is 0.619. The third-order valence-electron chi connectivity index (χ3n) is 4.78. The first-order valence-electron chi connectivity index (χ1n) is 9.16. The molecule has 0 spiro atoms. The number of benzene rings is 1. The van der Waals surface area contributed by atoms with Gasteiger partial charge in [0.1, 0.15) is 0 Å². The Kier molecular flexibility index (Phi) is 9.08. The Morgan fingerprint density at radius 1 is 1.17 bits per heavy atom. The molecule has 0 N–H and O–H groups in total. The molecule has 1 aliphatic rings. The van der Waals surface area contributed by atoms with Crippen molar-refractivity contribution in [2.24, 2.45) is 10.4 Å². The van der Waals surface area contributed by atoms with Crippen LogP contribution >= 0.6 is 0 Å². The Bertz CT molecular complexity index is 563. The SMILES string of the molecule is CCCCCCCCc1cc[c-]c(C2=NC(=O)CCC2(C)C)c1.[Ir]. The number of amides is 1. The number of rotatable bonds is 8. The summed E-state index contributed by atoms with van der Waals surface area (Å²) in [6.45, 7) is 6.60. The van der Waals surface area contributed by atoms with Crippen molar-refractivity contribution < 1.29 is 24.9 Å². The molecular formula is C21H30IrNO-. The van der Waals surface area contributed by atoms with Gasteiger partial charge >= 0.3 is 0 Å². The first kappa shape index (κ1) is 21.3. The number of nitrogens with zero attached hydrogens (tertiary/aromatic N) is 1. The van der Waals surface area contributed by atoms with Gasteiger partial charge in [0.05, 0.1) is 0 Å². The van der Waals surface area contributed by atoms with Crippen LogP contribution in [0.1, 0.15) is 83.3 Å². The van der Waals surface area contributed by atoms with Crippen molar-refractivity contribution in [3.05, 3.63) is 35.4 Å². The van der Waals surface area contributed by atoms with Crippen LogP contribution in [0.4, 0.5) is 0 Å². The molecule has 0 fully saturated rings. The molecule has 1 radical (unpaired) electrons. The Hall–Kier alpha value is -0.791. The molecule has 0 aliphatic carbocycles. The molecule has 135 valence electrons. The van der Waals surface area contributed by atoms with Crippen LogP contribution in [0, 0.1) is 11.5 Å². The van der Waals surface area contributed by atoms with Crippen LogP contribution in [0.5, 0.6) is 0 Å². The standard InChI is InChI=1S/C21H30NO.Ir/c1-4-5-6-7-8-9-11-17-12-10-13-18(16-17)20-21(2,3)15-14-19(23)22-20;/h10,12,16H,4-9,11,14-15H2,1-3H3;/q-1;. The van der Waals surface area contributed by atoms with Gasteiger partial charge in [0.25, 0.3) is 0 Å². The third-order valence-corrected chi connectivity index (χ3v) is 4.78. The molecule has 1 aromatic rings. The van der Waals surface area contributed by atoms with Crippen LogP contribution < -0.4 is 0 Å². The van der Waals surface area contributed by atoms with E-state index in [-0.39, 0.29) is 31.4 Å². The summed E-state index contributed by atoms with van der Waals surface area (Å²) in [6, 6.07) is 9.61. The second-order valence-corrected chi connectivity index (χ2v) is 7.37. The number of hydrogen-bond acceptors (Lipinski definition) is 1. The van der Waals surface area contributed by atoms with Gasteiger partial charge in [0, 0.05) is 26.5 Å². The van der Waals surface area contributed by atoms with Gasteiger partial charge in [-0.3, -0.25) is 9.79 Å². The molecule has 1 heterocycles. The maximum atomic E-state index is 11.7. The molecule has 0 unspecified atom stereocenters. The fourth-order valence-electron chi connectivity index (χ4n) is 3.21. The zero-order valence-corrected chi connectivity index (χ0v) is 17.7. The smallest absolute Gasteiger partial charge is 0.236 e. The summed E-state index contributed by atoms with van der Waals surface area (Å²) in [7, 11) is 0. The Balaban J connectivity index is 0.00000288. The monoisotopic (exact) mass is 505 g/mol. The van der Waals surface area contributed by atoms with Gasteiger partial charge in [-0.1, -0.05) is 59.3 Å². The van der Waals surface area contributed by atoms with Crippen LogP contribution in [-0.4, -0.2) is 11.6 Å². The van der Waals surface area contributed by atoms with E-state index in [4.69, 9.17) is 0 Å². The Morgan fingerprint density at radius 3 is 2.62 bits per heavy atom. The van der Waals surface area contributed by atoms with E-state index in [1.807, 2.05) is 6.07 Å². The van der Waals surface area contributed by atoms with E-state index in [9.17, 15) is 4.79 Å². The molecule has 24 heavy (non-hydrogen) atoms. The van der Waals surface area contributed by atoms with E-state index in [2.05, 4.69) is 44.0 Å². The number of unbranched alkanes of at least 4 members (excludes halogenated alkanes) is 5. The minimum absolute atomic E-state index is 0. The minimum atomic E-state index is -0.0385. The van der Waals surface area contributed by atoms with Crippen LogP contribution in [0.15, 0.2) is 23.2 Å². The van der Waals surface area contributed by atoms with E-state index >= 15 is 0 Å². The van der Waals surface area contributed by atoms with Crippen LogP contribution in [-0.2, 0) is 31.3 Å². The Labute approximate surface area is 160 Å². The second kappa shape index (κ2) is 10.3. The summed E-state index contributed by atoms with van der Waals surface area (Å²) in [4.78, 5) is 16.0. The predicted molar refractivity (Wildman–Crippen MR) is 96.9 cm³/mol. The third kappa shape index (κ3) is 6.26. The summed E-state index contributed by atoms with van der Waals surface area (Å²) >= 11 is 0. The maximum Gasteiger partial charge on any atom is 0.236 e. The number of aliphatic imine (C=N–C) groups is 1. The van der Waals surface area contributed by atoms with E-state index in [0.29, 0.717) is 6.42 Å². The largest absolute Gasteiger partial charge is 0.274 e. The van der Waals surface area contributed by atoms with E-state index in [1.165, 1.54) is 44.1 Å². The Morgan fingerprint density at radius 2 is 1.88 bits per heavy atom. The summed E-state index contributed by atoms with van der Waals surface area (Å²) in [6.07, 6.45) is 10.4. The summed E-state index contributed by atoms with van der Waals surface area (Å²) in [5.41, 5.74) is 3.22. The quantitative estimate of drug-likeness (QED) is 0.338. The molecule has 1 amide bonds. The minimum Gasteiger partial charge on any atom is -0.274 e. The molecular weight excluding hydrogens is 474 g/mol. The van der Waals surface area contributed by atoms with Crippen LogP contribution in [0.2, 0.25) is 0 Å². The van der Waals surface area contributed by atoms with Gasteiger partial charge in [0.15, 0.2) is 0 Å². The molecule has 0 atom stereocenters. The van der Waals surface area contributed by atoms with Gasteiger partial charge in [-0.25, -0.2) is 0 Å². The zero-order valence-electron chi connectivity index (χ0n) is 15.3. The van der Waals surface area contributed by atoms with Gasteiger partial charge in [-0.15, -0.1) is 35.4 Å². The molecule has 0 aromatic heterocycles. The van der Waals surface area contributed by atoms with Crippen molar-refractivity contribution in [2.75, 3.05) is 0 Å². The molecule has 3 heteroatoms. The normalized spacial score (nSPS) is 16.5. The number of carbonyl (C=O) groups excluding carboxylic acids is 1. The fourth-order valence-corrected chi connectivity index (χ4v) is 3.21. The van der Waals surface area contributed by atoms with Gasteiger partial charge in [-0.2, -0.15) is 0 Å². The van der Waals surface area contributed by atoms with E-state index in [0.717, 1.165) is 24.1 Å². The molecule has 0 saturated carbocycles. The summed E-state index contributed by atoms with van der Waals surface area (Å²) < 4.78 is 0. The van der Waals surface area contributed by atoms with Crippen molar-refractivity contribution in [3.63, 3.8) is 0 Å². The van der Waals surface area contributed by atoms with Crippen molar-refractivity contribution in [1.82, 2.24) is 0 Å². The molecule has 0 bridgehead atoms. The van der Waals surface area contributed by atoms with Gasteiger partial charge < -0.3 is 0 Å². The van der Waals surface area contributed by atoms with Gasteiger partial charge in [0.2, 0.25) is 5.91 Å². The van der Waals surface area contributed by atoms with Crippen molar-refractivity contribution in [1.29, 1.82) is 0 Å². The van der Waals surface area contributed by atoms with Crippen molar-refractivity contribution in [3.8, 4) is 0 Å². The molecule has 2 nitrogen and oxygen atoms in total. The number of carbonyl (C=O) groups is 1. The molecule has 2 rings (SSSR count). The molecule has 1 aliphatic heterocycles. The van der Waals surface area contributed by atoms with Crippen molar-refractivity contribution in [2.45, 2.75) is 78.6 Å². The van der Waals surface area contributed by atoms with E-state index in [1.54, 1.807) is 0 Å². The van der Waals surface area contributed by atoms with Crippen LogP contribution in [0.3, 0.4) is 0 Å². The van der Waals surface area contributed by atoms with Crippen LogP contribution in [0.25, 0.3) is 0 Å². The average molecular weight is 505 g/mol. The molecule has 0 saturated heterocycles. The average Bonchev–Trinajstić information content (AvgIpc) is 2.53. The first-order valence-corrected chi connectivity index (χ1v) is 9.16. The molecule has 1 aromatic carbocycles. The maximum absolute atomic E-state index is 11.7. The number of hydrogen-bond donors (Lipinski definition) is 0. The van der Waals surface area contributed by atoms with Crippen molar-refractivity contribution >= 4 is 11.6 Å². The summed E-state index contributed by atoms with van der Waals surface area (Å²) in [5.74, 6) is 0.00838. The zero-order chi connectivity index (χ0) is 16.7. The summed E-state index contributed by atoms with van der Waals surface area (Å²) in [5, 5.41) is 0. The van der Waals surface area contributed by atoms with Gasteiger partial charge in [-0.05, 0) is 24.0 Å². The topological polar surface area (TPSA) is 29.4 Å². The second-order valence-electron chi connectivity index (χ2n) is 7.37. The predicted octanol–water partition coefficient (Wildman–Crippen LogP) is 5.52. The first-order chi connectivity index (χ1) is 11.0.